The fraction of sp³-hybridized carbons (Fsp3) is 0.100. The maximum absolute atomic E-state index is 2.60. The second-order valence-electron chi connectivity index (χ2n) is 11.8. The minimum Gasteiger partial charge on any atom is -1.00 e. The van der Waals surface area contributed by atoms with Gasteiger partial charge in [0.15, 0.2) is 0 Å². The second-order valence-corrected chi connectivity index (χ2v) is 29.9. The molecule has 0 aromatic heterocycles. The van der Waals surface area contributed by atoms with Gasteiger partial charge in [-0.05, 0) is 0 Å². The van der Waals surface area contributed by atoms with Crippen molar-refractivity contribution in [1.82, 2.24) is 0 Å². The van der Waals surface area contributed by atoms with Crippen molar-refractivity contribution in [3.63, 3.8) is 0 Å². The summed E-state index contributed by atoms with van der Waals surface area (Å²) in [6.45, 7) is 5.19. The van der Waals surface area contributed by atoms with E-state index in [0.717, 1.165) is 0 Å². The Bertz CT molecular complexity index is 1980. The number of fused-ring (bicyclic) bond motifs is 4. The molecule has 0 fully saturated rings. The van der Waals surface area contributed by atoms with Crippen LogP contribution < -0.4 is 24.8 Å². The first-order valence-corrected chi connectivity index (χ1v) is 24.0. The molecule has 0 saturated carbocycles. The maximum Gasteiger partial charge on any atom is -1.00 e. The first kappa shape index (κ1) is 31.0. The Kier molecular flexibility index (Phi) is 9.00. The van der Waals surface area contributed by atoms with Gasteiger partial charge in [-0.1, -0.05) is 0 Å². The number of allylic oxidation sites excluding steroid dienone is 2. The molecule has 0 amide bonds. The third-order valence-electron chi connectivity index (χ3n) is 9.27. The predicted molar refractivity (Wildman–Crippen MR) is 180 cm³/mol. The molecule has 8 rings (SSSR count). The molecule has 0 saturated heterocycles. The Labute approximate surface area is 280 Å². The van der Waals surface area contributed by atoms with Crippen LogP contribution >= 0.6 is 0 Å². The number of hydrogen-bond donors (Lipinski definition) is 0. The predicted octanol–water partition coefficient (Wildman–Crippen LogP) is 5.04. The van der Waals surface area contributed by atoms with Crippen LogP contribution in [-0.2, 0) is 20.4 Å². The standard InChI is InChI=1S/2C19H13.C2H6Si.2ClH.Zr/c2*1-2-10-16-14(6-1)8-4-12-18(16)19-13-5-9-15-7-3-11-17(15)19;1-3-2;;;/h2*1-13H;1-2H3;2*1H;/q;;;;;+2/p-2. The Morgan fingerprint density at radius 1 is 0.455 bits per heavy atom. The smallest absolute Gasteiger partial charge is 1.00 e. The number of rotatable bonds is 4. The summed E-state index contributed by atoms with van der Waals surface area (Å²) in [4.78, 5) is 0. The molecule has 2 unspecified atom stereocenters. The monoisotopic (exact) mass is 700 g/mol. The van der Waals surface area contributed by atoms with Gasteiger partial charge in [0.05, 0.1) is 0 Å². The zero-order valence-corrected chi connectivity index (χ0v) is 29.7. The summed E-state index contributed by atoms with van der Waals surface area (Å²) in [7, 11) is 0. The van der Waals surface area contributed by atoms with Crippen molar-refractivity contribution in [1.29, 1.82) is 0 Å². The van der Waals surface area contributed by atoms with Gasteiger partial charge in [0.25, 0.3) is 0 Å². The fourth-order valence-electron chi connectivity index (χ4n) is 7.42. The summed E-state index contributed by atoms with van der Waals surface area (Å²) in [5, 5.41) is 5.30. The van der Waals surface area contributed by atoms with Crippen molar-refractivity contribution >= 4 is 39.1 Å². The maximum atomic E-state index is 2.60. The normalized spacial score (nSPS) is 15.7. The van der Waals surface area contributed by atoms with Crippen LogP contribution in [0.3, 0.4) is 0 Å². The first-order valence-electron chi connectivity index (χ1n) is 14.9. The van der Waals surface area contributed by atoms with Gasteiger partial charge in [0, 0.05) is 0 Å². The molecule has 0 bridgehead atoms. The topological polar surface area (TPSA) is 0 Å². The Morgan fingerprint density at radius 3 is 1.30 bits per heavy atom. The SMILES string of the molecule is C[Si](C)=[Zr+2]([CH]1C=Cc2c(-c3cccc4ccccc34)cccc21)[CH]1C=Cc2c(-c3cccc4ccccc34)cccc21.[Cl-].[Cl-]. The van der Waals surface area contributed by atoms with Crippen molar-refractivity contribution < 1.29 is 45.2 Å². The van der Waals surface area contributed by atoms with Gasteiger partial charge in [0.2, 0.25) is 0 Å². The summed E-state index contributed by atoms with van der Waals surface area (Å²) < 4.78 is 1.23. The van der Waals surface area contributed by atoms with Crippen LogP contribution in [0, 0.1) is 0 Å². The van der Waals surface area contributed by atoms with E-state index in [2.05, 4.69) is 159 Å². The fourth-order valence-corrected chi connectivity index (χ4v) is 26.1. The second kappa shape index (κ2) is 12.8. The summed E-state index contributed by atoms with van der Waals surface area (Å²) in [6, 6.07) is 45.3. The Hall–Kier alpha value is -3.00. The van der Waals surface area contributed by atoms with E-state index in [0.29, 0.717) is 7.25 Å². The van der Waals surface area contributed by atoms with Crippen molar-refractivity contribution in [3.05, 3.63) is 156 Å². The minimum atomic E-state index is -2.06. The molecule has 0 nitrogen and oxygen atoms in total. The zero-order valence-electron chi connectivity index (χ0n) is 24.8. The van der Waals surface area contributed by atoms with E-state index in [4.69, 9.17) is 0 Å². The molecule has 2 atom stereocenters. The van der Waals surface area contributed by atoms with Crippen molar-refractivity contribution in [2.24, 2.45) is 0 Å². The van der Waals surface area contributed by atoms with Gasteiger partial charge >= 0.3 is 258 Å². The number of hydrogen-bond acceptors (Lipinski definition) is 0. The molecule has 2 aliphatic carbocycles. The Balaban J connectivity index is 0.00000171. The van der Waals surface area contributed by atoms with Gasteiger partial charge in [0.1, 0.15) is 0 Å². The molecule has 214 valence electrons. The average Bonchev–Trinajstić information content (AvgIpc) is 3.66. The van der Waals surface area contributed by atoms with Crippen molar-refractivity contribution in [2.45, 2.75) is 20.3 Å². The van der Waals surface area contributed by atoms with E-state index >= 15 is 0 Å². The summed E-state index contributed by atoms with van der Waals surface area (Å²) in [5.74, 6) is 0. The minimum absolute atomic E-state index is 0. The Morgan fingerprint density at radius 2 is 0.841 bits per heavy atom. The molecule has 0 radical (unpaired) electrons. The number of halogens is 2. The van der Waals surface area contributed by atoms with E-state index in [1.165, 1.54) is 54.9 Å². The summed E-state index contributed by atoms with van der Waals surface area (Å²) in [6.07, 6.45) is 10.1. The van der Waals surface area contributed by atoms with Crippen LogP contribution in [0.1, 0.15) is 29.5 Å². The van der Waals surface area contributed by atoms with E-state index in [9.17, 15) is 0 Å². The molecule has 0 N–H and O–H groups in total. The van der Waals surface area contributed by atoms with Crippen LogP contribution in [-0.4, -0.2) is 5.43 Å². The number of benzene rings is 6. The molecule has 4 heteroatoms. The third kappa shape index (κ3) is 5.11. The summed E-state index contributed by atoms with van der Waals surface area (Å²) >= 11 is -2.06. The third-order valence-corrected chi connectivity index (χ3v) is 28.4. The van der Waals surface area contributed by atoms with Gasteiger partial charge in [-0.3, -0.25) is 0 Å². The van der Waals surface area contributed by atoms with Crippen LogP contribution in [0.5, 0.6) is 0 Å². The quantitative estimate of drug-likeness (QED) is 0.226. The van der Waals surface area contributed by atoms with Crippen molar-refractivity contribution in [3.8, 4) is 22.3 Å². The molecular weight excluding hydrogens is 671 g/mol. The van der Waals surface area contributed by atoms with Gasteiger partial charge < -0.3 is 24.8 Å². The van der Waals surface area contributed by atoms with Gasteiger partial charge in [-0.15, -0.1) is 0 Å². The van der Waals surface area contributed by atoms with E-state index in [1.807, 2.05) is 0 Å². The van der Waals surface area contributed by atoms with E-state index in [-0.39, 0.29) is 24.8 Å². The van der Waals surface area contributed by atoms with Crippen LogP contribution in [0.4, 0.5) is 0 Å². The van der Waals surface area contributed by atoms with Crippen LogP contribution in [0.25, 0.3) is 56.0 Å². The van der Waals surface area contributed by atoms with Gasteiger partial charge in [-0.2, -0.15) is 0 Å². The molecule has 0 aliphatic heterocycles. The first-order chi connectivity index (χ1) is 20.7. The zero-order chi connectivity index (χ0) is 28.2. The molecule has 2 aliphatic rings. The largest absolute Gasteiger partial charge is 1.00 e. The summed E-state index contributed by atoms with van der Waals surface area (Å²) in [5.41, 5.74) is 11.1. The molecule has 6 aromatic rings. The van der Waals surface area contributed by atoms with Crippen LogP contribution in [0.15, 0.2) is 133 Å². The van der Waals surface area contributed by atoms with Gasteiger partial charge in [-0.25, -0.2) is 0 Å². The van der Waals surface area contributed by atoms with E-state index in [1.54, 1.807) is 11.1 Å². The molecular formula is C40H32Cl2SiZr. The molecule has 0 heterocycles. The van der Waals surface area contributed by atoms with Crippen molar-refractivity contribution in [2.75, 3.05) is 0 Å². The molecule has 0 spiro atoms. The van der Waals surface area contributed by atoms with Crippen LogP contribution in [0.2, 0.25) is 13.1 Å². The average molecular weight is 703 g/mol. The molecule has 6 aromatic carbocycles. The van der Waals surface area contributed by atoms with E-state index < -0.39 is 25.8 Å². The molecule has 44 heavy (non-hydrogen) atoms.